The molecule has 7 N–H and O–H groups in total. The number of hydrogen-bond acceptors (Lipinski definition) is 5. The predicted molar refractivity (Wildman–Crippen MR) is 99.1 cm³/mol. The fourth-order valence-corrected chi connectivity index (χ4v) is 2.39. The van der Waals surface area contributed by atoms with E-state index in [4.69, 9.17) is 21.9 Å². The molecule has 1 fully saturated rings. The number of carbonyl (C=O) groups excluding carboxylic acids is 1. The van der Waals surface area contributed by atoms with Crippen molar-refractivity contribution in [3.05, 3.63) is 10.4 Å². The molecule has 0 bridgehead atoms. The number of likely N-dealkylation sites (tertiary alicyclic amines) is 1. The third-order valence-corrected chi connectivity index (χ3v) is 4.24. The molecule has 1 amide bonds. The maximum Gasteiger partial charge on any atom is 0.407 e. The molecule has 0 aliphatic carbocycles. The lowest BCUT2D eigenvalue weighted by molar-refractivity contribution is 0.0483. The van der Waals surface area contributed by atoms with E-state index in [9.17, 15) is 4.79 Å². The number of alkyl carbamates (subject to hydrolysis) is 1. The summed E-state index contributed by atoms with van der Waals surface area (Å²) >= 11 is 3.06. The molecule has 24 heavy (non-hydrogen) atoms. The monoisotopic (exact) mass is 404 g/mol. The summed E-state index contributed by atoms with van der Waals surface area (Å²) in [6.45, 7) is 9.69. The molecular formula is C15H29BrN6O2. The van der Waals surface area contributed by atoms with E-state index in [-0.39, 0.29) is 15.8 Å². The largest absolute Gasteiger partial charge is 0.444 e. The Labute approximate surface area is 152 Å². The number of ether oxygens (including phenoxy) is 1. The normalized spacial score (nSPS) is 19.5. The Kier molecular flexibility index (Phi) is 6.76. The van der Waals surface area contributed by atoms with E-state index in [1.807, 2.05) is 25.7 Å². The molecule has 1 rings (SSSR count). The van der Waals surface area contributed by atoms with E-state index < -0.39 is 11.7 Å². The molecule has 9 heteroatoms. The SMILES string of the molecule is CC1(CNC(=O)OC(C)(C)C)CCN(/C(N)=N/C(N)=C(\N)Br)CC1. The predicted octanol–water partition coefficient (Wildman–Crippen LogP) is 1.37. The smallest absolute Gasteiger partial charge is 0.407 e. The molecule has 1 aliphatic rings. The third kappa shape index (κ3) is 6.86. The summed E-state index contributed by atoms with van der Waals surface area (Å²) in [5.41, 5.74) is 16.6. The van der Waals surface area contributed by atoms with Crippen molar-refractivity contribution in [3.8, 4) is 0 Å². The Balaban J connectivity index is 2.52. The highest BCUT2D eigenvalue weighted by atomic mass is 79.9. The van der Waals surface area contributed by atoms with Crippen LogP contribution in [0, 0.1) is 5.41 Å². The van der Waals surface area contributed by atoms with Crippen LogP contribution in [0.5, 0.6) is 0 Å². The minimum atomic E-state index is -0.496. The average molecular weight is 405 g/mol. The van der Waals surface area contributed by atoms with Gasteiger partial charge in [0.05, 0.1) is 0 Å². The highest BCUT2D eigenvalue weighted by molar-refractivity contribution is 9.11. The highest BCUT2D eigenvalue weighted by Gasteiger charge is 2.31. The van der Waals surface area contributed by atoms with Crippen molar-refractivity contribution >= 4 is 28.0 Å². The minimum absolute atomic E-state index is 0.0104. The Morgan fingerprint density at radius 1 is 1.29 bits per heavy atom. The van der Waals surface area contributed by atoms with E-state index in [2.05, 4.69) is 33.2 Å². The second kappa shape index (κ2) is 7.96. The van der Waals surface area contributed by atoms with Crippen molar-refractivity contribution in [3.63, 3.8) is 0 Å². The Hall–Kier alpha value is -1.64. The lowest BCUT2D eigenvalue weighted by Gasteiger charge is -2.40. The molecule has 0 radical (unpaired) electrons. The summed E-state index contributed by atoms with van der Waals surface area (Å²) in [6.07, 6.45) is 1.34. The first kappa shape index (κ1) is 20.4. The van der Waals surface area contributed by atoms with Gasteiger partial charge in [0.2, 0.25) is 0 Å². The van der Waals surface area contributed by atoms with Crippen molar-refractivity contribution in [2.24, 2.45) is 27.6 Å². The molecule has 0 aromatic carbocycles. The fourth-order valence-electron chi connectivity index (χ4n) is 2.30. The number of nitrogens with two attached hydrogens (primary N) is 3. The van der Waals surface area contributed by atoms with Gasteiger partial charge in [-0.05, 0) is 55.0 Å². The third-order valence-electron chi connectivity index (χ3n) is 3.83. The van der Waals surface area contributed by atoms with Crippen LogP contribution in [-0.2, 0) is 4.74 Å². The van der Waals surface area contributed by atoms with Gasteiger partial charge in [-0.15, -0.1) is 0 Å². The first-order chi connectivity index (χ1) is 10.9. The Morgan fingerprint density at radius 2 is 1.83 bits per heavy atom. The first-order valence-corrected chi connectivity index (χ1v) is 8.68. The van der Waals surface area contributed by atoms with Gasteiger partial charge in [0, 0.05) is 19.6 Å². The van der Waals surface area contributed by atoms with Gasteiger partial charge in [0.25, 0.3) is 0 Å². The average Bonchev–Trinajstić information content (AvgIpc) is 2.44. The molecule has 0 aromatic heterocycles. The summed E-state index contributed by atoms with van der Waals surface area (Å²) < 4.78 is 5.52. The van der Waals surface area contributed by atoms with Gasteiger partial charge in [-0.3, -0.25) is 0 Å². The number of rotatable bonds is 3. The summed E-state index contributed by atoms with van der Waals surface area (Å²) in [5, 5.41) is 2.85. The number of halogens is 1. The van der Waals surface area contributed by atoms with Crippen molar-refractivity contribution < 1.29 is 9.53 Å². The molecule has 0 atom stereocenters. The number of amides is 1. The van der Waals surface area contributed by atoms with Crippen LogP contribution in [0.2, 0.25) is 0 Å². The zero-order valence-corrected chi connectivity index (χ0v) is 16.4. The van der Waals surface area contributed by atoms with E-state index in [1.54, 1.807) is 0 Å². The fraction of sp³-hybridized carbons (Fsp3) is 0.733. The van der Waals surface area contributed by atoms with Crippen LogP contribution in [0.4, 0.5) is 4.79 Å². The summed E-state index contributed by atoms with van der Waals surface area (Å²) in [7, 11) is 0. The van der Waals surface area contributed by atoms with E-state index in [0.717, 1.165) is 25.9 Å². The van der Waals surface area contributed by atoms with Gasteiger partial charge < -0.3 is 32.2 Å². The van der Waals surface area contributed by atoms with Crippen LogP contribution in [-0.4, -0.2) is 42.2 Å². The standard InChI is InChI=1S/C15H29BrN6O2/c1-14(2,3)24-13(23)20-9-15(4)5-7-22(8-6-15)12(19)21-11(18)10(16)17/h5-9,17-18H2,1-4H3,(H2,19,21)(H,20,23)/b11-10-. The first-order valence-electron chi connectivity index (χ1n) is 7.88. The molecule has 0 aromatic rings. The summed E-state index contributed by atoms with van der Waals surface area (Å²) in [5.74, 6) is 0.504. The van der Waals surface area contributed by atoms with Crippen molar-refractivity contribution in [2.45, 2.75) is 46.1 Å². The van der Waals surface area contributed by atoms with Crippen LogP contribution in [0.25, 0.3) is 0 Å². The molecule has 0 spiro atoms. The molecule has 8 nitrogen and oxygen atoms in total. The van der Waals surface area contributed by atoms with Gasteiger partial charge in [0.15, 0.2) is 11.8 Å². The molecule has 138 valence electrons. The molecule has 1 aliphatic heterocycles. The lowest BCUT2D eigenvalue weighted by Crippen LogP contribution is -2.49. The quantitative estimate of drug-likeness (QED) is 0.319. The summed E-state index contributed by atoms with van der Waals surface area (Å²) in [4.78, 5) is 17.8. The molecule has 1 heterocycles. The van der Waals surface area contributed by atoms with E-state index >= 15 is 0 Å². The maximum absolute atomic E-state index is 11.8. The molecule has 0 unspecified atom stereocenters. The number of aliphatic imine (C=N–C) groups is 1. The molecular weight excluding hydrogens is 376 g/mol. The maximum atomic E-state index is 11.8. The second-order valence-electron chi connectivity index (χ2n) is 7.36. The molecule has 0 saturated carbocycles. The zero-order chi connectivity index (χ0) is 18.5. The Morgan fingerprint density at radius 3 is 2.29 bits per heavy atom. The van der Waals surface area contributed by atoms with Crippen molar-refractivity contribution in [1.82, 2.24) is 10.2 Å². The van der Waals surface area contributed by atoms with Crippen LogP contribution in [0.1, 0.15) is 40.5 Å². The second-order valence-corrected chi connectivity index (χ2v) is 8.21. The van der Waals surface area contributed by atoms with Gasteiger partial charge in [0.1, 0.15) is 10.2 Å². The number of piperidine rings is 1. The number of nitrogens with zero attached hydrogens (tertiary/aromatic N) is 2. The highest BCUT2D eigenvalue weighted by Crippen LogP contribution is 2.30. The Bertz CT molecular complexity index is 515. The number of guanidine groups is 1. The van der Waals surface area contributed by atoms with Crippen LogP contribution < -0.4 is 22.5 Å². The van der Waals surface area contributed by atoms with Crippen molar-refractivity contribution in [1.29, 1.82) is 0 Å². The molecule has 1 saturated heterocycles. The topological polar surface area (TPSA) is 132 Å². The number of hydrogen-bond donors (Lipinski definition) is 4. The van der Waals surface area contributed by atoms with Crippen LogP contribution >= 0.6 is 15.9 Å². The van der Waals surface area contributed by atoms with Gasteiger partial charge in [-0.1, -0.05) is 6.92 Å². The van der Waals surface area contributed by atoms with Crippen molar-refractivity contribution in [2.75, 3.05) is 19.6 Å². The van der Waals surface area contributed by atoms with Gasteiger partial charge in [-0.25, -0.2) is 4.79 Å². The van der Waals surface area contributed by atoms with E-state index in [1.165, 1.54) is 0 Å². The zero-order valence-electron chi connectivity index (χ0n) is 14.9. The van der Waals surface area contributed by atoms with E-state index in [0.29, 0.717) is 12.5 Å². The summed E-state index contributed by atoms with van der Waals surface area (Å²) in [6, 6.07) is 0. The number of carbonyl (C=O) groups is 1. The number of nitrogens with one attached hydrogen (secondary N) is 1. The lowest BCUT2D eigenvalue weighted by atomic mass is 9.80. The van der Waals surface area contributed by atoms with Gasteiger partial charge >= 0.3 is 6.09 Å². The van der Waals surface area contributed by atoms with Gasteiger partial charge in [-0.2, -0.15) is 4.99 Å². The van der Waals surface area contributed by atoms with Crippen LogP contribution in [0.3, 0.4) is 0 Å². The van der Waals surface area contributed by atoms with Crippen LogP contribution in [0.15, 0.2) is 15.4 Å². The minimum Gasteiger partial charge on any atom is -0.444 e.